The van der Waals surface area contributed by atoms with Gasteiger partial charge in [-0.2, -0.15) is 0 Å². The summed E-state index contributed by atoms with van der Waals surface area (Å²) < 4.78 is 5.20. The minimum atomic E-state index is -0.429. The van der Waals surface area contributed by atoms with E-state index >= 15 is 0 Å². The molecule has 3 rings (SSSR count). The van der Waals surface area contributed by atoms with Crippen molar-refractivity contribution in [1.82, 2.24) is 5.32 Å². The number of carbonyl (C=O) groups excluding carboxylic acids is 1. The Kier molecular flexibility index (Phi) is 2.65. The van der Waals surface area contributed by atoms with E-state index in [4.69, 9.17) is 10.5 Å². The van der Waals surface area contributed by atoms with Gasteiger partial charge in [-0.15, -0.1) is 0 Å². The third kappa shape index (κ3) is 2.17. The fourth-order valence-corrected chi connectivity index (χ4v) is 3.01. The zero-order chi connectivity index (χ0) is 12.0. The van der Waals surface area contributed by atoms with Gasteiger partial charge in [-0.05, 0) is 46.0 Å². The van der Waals surface area contributed by atoms with Gasteiger partial charge in [0.2, 0.25) is 0 Å². The van der Waals surface area contributed by atoms with E-state index in [2.05, 4.69) is 5.32 Å². The summed E-state index contributed by atoms with van der Waals surface area (Å²) in [5.41, 5.74) is 5.82. The van der Waals surface area contributed by atoms with Crippen molar-refractivity contribution in [3.8, 4) is 0 Å². The number of alkyl carbamates (subject to hydrolysis) is 1. The Morgan fingerprint density at radius 2 is 2.12 bits per heavy atom. The average Bonchev–Trinajstić information content (AvgIpc) is 2.49. The van der Waals surface area contributed by atoms with Crippen LogP contribution in [0.25, 0.3) is 0 Å². The molecule has 2 bridgehead atoms. The molecule has 0 heterocycles. The van der Waals surface area contributed by atoms with E-state index in [-0.39, 0.29) is 17.6 Å². The number of hydrogen-bond donors (Lipinski definition) is 2. The van der Waals surface area contributed by atoms with Gasteiger partial charge in [0.05, 0.1) is 0 Å². The molecular formula is C12H22N2O2. The van der Waals surface area contributed by atoms with E-state index in [9.17, 15) is 4.79 Å². The van der Waals surface area contributed by atoms with Crippen LogP contribution in [0, 0.1) is 11.3 Å². The zero-order valence-corrected chi connectivity index (χ0v) is 10.4. The highest BCUT2D eigenvalue weighted by atomic mass is 16.6. The number of rotatable bonds is 2. The lowest BCUT2D eigenvalue weighted by Gasteiger charge is -2.40. The van der Waals surface area contributed by atoms with Gasteiger partial charge < -0.3 is 15.8 Å². The fraction of sp³-hybridized carbons (Fsp3) is 0.917. The topological polar surface area (TPSA) is 64.3 Å². The first-order chi connectivity index (χ1) is 7.31. The second-order valence-corrected chi connectivity index (χ2v) is 6.33. The Morgan fingerprint density at radius 3 is 2.56 bits per heavy atom. The first kappa shape index (κ1) is 11.7. The van der Waals surface area contributed by atoms with Crippen LogP contribution in [0.4, 0.5) is 4.79 Å². The number of carbonyl (C=O) groups is 1. The van der Waals surface area contributed by atoms with Crippen molar-refractivity contribution in [3.63, 3.8) is 0 Å². The fourth-order valence-electron chi connectivity index (χ4n) is 3.01. The Bertz CT molecular complexity index is 290. The van der Waals surface area contributed by atoms with Crippen LogP contribution >= 0.6 is 0 Å². The average molecular weight is 226 g/mol. The molecule has 1 amide bonds. The van der Waals surface area contributed by atoms with Crippen LogP contribution < -0.4 is 11.1 Å². The third-order valence-corrected chi connectivity index (χ3v) is 3.75. The van der Waals surface area contributed by atoms with Crippen molar-refractivity contribution in [1.29, 1.82) is 0 Å². The summed E-state index contributed by atoms with van der Waals surface area (Å²) in [4.78, 5) is 11.5. The lowest BCUT2D eigenvalue weighted by Crippen LogP contribution is -2.49. The summed E-state index contributed by atoms with van der Waals surface area (Å²) in [6, 6.07) is 0.257. The van der Waals surface area contributed by atoms with Crippen molar-refractivity contribution < 1.29 is 9.53 Å². The van der Waals surface area contributed by atoms with Gasteiger partial charge >= 0.3 is 6.09 Å². The summed E-state index contributed by atoms with van der Waals surface area (Å²) >= 11 is 0. The maximum Gasteiger partial charge on any atom is 0.407 e. The molecular weight excluding hydrogens is 204 g/mol. The SMILES string of the molecule is CC(C)(C)OC(=O)NCC12CC(CC1N)C2. The maximum atomic E-state index is 11.5. The van der Waals surface area contributed by atoms with E-state index in [1.807, 2.05) is 20.8 Å². The van der Waals surface area contributed by atoms with Gasteiger partial charge in [0.15, 0.2) is 0 Å². The van der Waals surface area contributed by atoms with Crippen LogP contribution in [-0.4, -0.2) is 24.3 Å². The first-order valence-electron chi connectivity index (χ1n) is 6.03. The minimum absolute atomic E-state index is 0.168. The molecule has 3 saturated carbocycles. The number of amides is 1. The number of hydrogen-bond acceptors (Lipinski definition) is 3. The highest BCUT2D eigenvalue weighted by molar-refractivity contribution is 5.67. The van der Waals surface area contributed by atoms with E-state index < -0.39 is 5.60 Å². The summed E-state index contributed by atoms with van der Waals surface area (Å²) in [7, 11) is 0. The largest absolute Gasteiger partial charge is 0.444 e. The summed E-state index contributed by atoms with van der Waals surface area (Å²) in [6.07, 6.45) is 3.13. The molecule has 3 aliphatic carbocycles. The second kappa shape index (κ2) is 3.62. The molecule has 1 atom stereocenters. The first-order valence-corrected chi connectivity index (χ1v) is 6.03. The molecule has 0 aromatic rings. The van der Waals surface area contributed by atoms with E-state index in [1.165, 1.54) is 12.8 Å². The lowest BCUT2D eigenvalue weighted by molar-refractivity contribution is 0.0453. The molecule has 0 aromatic carbocycles. The molecule has 16 heavy (non-hydrogen) atoms. The van der Waals surface area contributed by atoms with Crippen LogP contribution in [0.3, 0.4) is 0 Å². The molecule has 3 aliphatic rings. The van der Waals surface area contributed by atoms with Gasteiger partial charge in [0.1, 0.15) is 5.60 Å². The second-order valence-electron chi connectivity index (χ2n) is 6.33. The zero-order valence-electron chi connectivity index (χ0n) is 10.4. The van der Waals surface area contributed by atoms with E-state index in [1.54, 1.807) is 0 Å². The molecule has 4 heteroatoms. The quantitative estimate of drug-likeness (QED) is 0.752. The van der Waals surface area contributed by atoms with Gasteiger partial charge in [-0.25, -0.2) is 4.79 Å². The summed E-state index contributed by atoms with van der Waals surface area (Å²) in [5.74, 6) is 0.801. The number of nitrogens with one attached hydrogen (secondary N) is 1. The highest BCUT2D eigenvalue weighted by Gasteiger charge is 2.55. The van der Waals surface area contributed by atoms with Crippen LogP contribution in [0.5, 0.6) is 0 Å². The molecule has 0 radical (unpaired) electrons. The molecule has 3 fully saturated rings. The predicted molar refractivity (Wildman–Crippen MR) is 62.0 cm³/mol. The van der Waals surface area contributed by atoms with Crippen molar-refractivity contribution in [2.75, 3.05) is 6.54 Å². The van der Waals surface area contributed by atoms with Gasteiger partial charge in [-0.1, -0.05) is 0 Å². The van der Waals surface area contributed by atoms with Gasteiger partial charge in [0, 0.05) is 18.0 Å². The van der Waals surface area contributed by atoms with E-state index in [0.29, 0.717) is 6.54 Å². The number of fused-ring (bicyclic) bond motifs is 1. The smallest absolute Gasteiger partial charge is 0.407 e. The molecule has 0 spiro atoms. The Hall–Kier alpha value is -0.770. The molecule has 0 saturated heterocycles. The number of nitrogens with two attached hydrogens (primary N) is 1. The van der Waals surface area contributed by atoms with Crippen LogP contribution in [-0.2, 0) is 4.74 Å². The lowest BCUT2D eigenvalue weighted by atomic mass is 9.68. The monoisotopic (exact) mass is 226 g/mol. The standard InChI is InChI=1S/C12H22N2O2/c1-11(2,3)16-10(15)14-7-12-5-8(6-12)4-9(12)13/h8-9H,4-7,13H2,1-3H3,(H,14,15). The predicted octanol–water partition coefficient (Wildman–Crippen LogP) is 1.64. The maximum absolute atomic E-state index is 11.5. The molecule has 0 aromatic heterocycles. The molecule has 4 nitrogen and oxygen atoms in total. The van der Waals surface area contributed by atoms with Gasteiger partial charge in [0.25, 0.3) is 0 Å². The number of ether oxygens (including phenoxy) is 1. The van der Waals surface area contributed by atoms with Crippen molar-refractivity contribution in [2.24, 2.45) is 17.1 Å². The molecule has 0 aliphatic heterocycles. The molecule has 92 valence electrons. The summed E-state index contributed by atoms with van der Waals surface area (Å²) in [6.45, 7) is 6.27. The van der Waals surface area contributed by atoms with Crippen LogP contribution in [0.15, 0.2) is 0 Å². The Morgan fingerprint density at radius 1 is 1.50 bits per heavy atom. The van der Waals surface area contributed by atoms with Gasteiger partial charge in [-0.3, -0.25) is 0 Å². The molecule has 3 N–H and O–H groups in total. The van der Waals surface area contributed by atoms with E-state index in [0.717, 1.165) is 12.3 Å². The van der Waals surface area contributed by atoms with Crippen molar-refractivity contribution in [2.45, 2.75) is 51.7 Å². The van der Waals surface area contributed by atoms with Crippen LogP contribution in [0.1, 0.15) is 40.0 Å². The minimum Gasteiger partial charge on any atom is -0.444 e. The molecule has 1 unspecified atom stereocenters. The Balaban J connectivity index is 1.78. The van der Waals surface area contributed by atoms with Crippen LogP contribution in [0.2, 0.25) is 0 Å². The summed E-state index contributed by atoms with van der Waals surface area (Å²) in [5, 5.41) is 2.85. The Labute approximate surface area is 96.9 Å². The third-order valence-electron chi connectivity index (χ3n) is 3.75. The van der Waals surface area contributed by atoms with Crippen molar-refractivity contribution >= 4 is 6.09 Å². The van der Waals surface area contributed by atoms with Crippen molar-refractivity contribution in [3.05, 3.63) is 0 Å². The highest BCUT2D eigenvalue weighted by Crippen LogP contribution is 2.57. The normalized spacial score (nSPS) is 36.8.